The van der Waals surface area contributed by atoms with Gasteiger partial charge in [-0.3, -0.25) is 10.2 Å². The van der Waals surface area contributed by atoms with Gasteiger partial charge in [0, 0.05) is 24.3 Å². The van der Waals surface area contributed by atoms with Crippen LogP contribution < -0.4 is 11.1 Å². The van der Waals surface area contributed by atoms with E-state index in [1.807, 2.05) is 65.6 Å². The average Bonchev–Trinajstić information content (AvgIpc) is 2.67. The van der Waals surface area contributed by atoms with Gasteiger partial charge in [0.25, 0.3) is 5.91 Å². The Balaban J connectivity index is 1.58. The maximum absolute atomic E-state index is 12.8. The second-order valence-corrected chi connectivity index (χ2v) is 6.52. The number of anilines is 1. The molecule has 26 heavy (non-hydrogen) atoms. The molecule has 0 aromatic heterocycles. The lowest BCUT2D eigenvalue weighted by molar-refractivity contribution is 0.102. The zero-order chi connectivity index (χ0) is 18.1. The van der Waals surface area contributed by atoms with Crippen LogP contribution in [0.4, 0.5) is 5.69 Å². The predicted octanol–water partition coefficient (Wildman–Crippen LogP) is 3.34. The van der Waals surface area contributed by atoms with Gasteiger partial charge in [-0.15, -0.1) is 0 Å². The van der Waals surface area contributed by atoms with Crippen LogP contribution in [0, 0.1) is 5.41 Å². The van der Waals surface area contributed by atoms with Crippen molar-refractivity contribution in [2.75, 3.05) is 11.9 Å². The van der Waals surface area contributed by atoms with Gasteiger partial charge < -0.3 is 16.0 Å². The van der Waals surface area contributed by atoms with E-state index in [1.54, 1.807) is 0 Å². The summed E-state index contributed by atoms with van der Waals surface area (Å²) in [5.41, 5.74) is 9.38. The number of benzene rings is 3. The maximum atomic E-state index is 12.8. The summed E-state index contributed by atoms with van der Waals surface area (Å²) in [7, 11) is 0. The van der Waals surface area contributed by atoms with Gasteiger partial charge >= 0.3 is 0 Å². The molecule has 4 N–H and O–H groups in total. The first kappa shape index (κ1) is 16.1. The Bertz CT molecular complexity index is 1010. The molecule has 1 amide bonds. The SMILES string of the molecule is N=C(N)N1CCc2cc(NC(=O)c3cccc4ccccc34)ccc2C1. The van der Waals surface area contributed by atoms with E-state index in [2.05, 4.69) is 5.32 Å². The molecular formula is C21H20N4O. The van der Waals surface area contributed by atoms with Crippen LogP contribution in [0.3, 0.4) is 0 Å². The highest BCUT2D eigenvalue weighted by Gasteiger charge is 2.18. The third-order valence-corrected chi connectivity index (χ3v) is 4.85. The molecule has 0 saturated carbocycles. The summed E-state index contributed by atoms with van der Waals surface area (Å²) < 4.78 is 0. The molecule has 5 heteroatoms. The number of nitrogens with zero attached hydrogens (tertiary/aromatic N) is 1. The monoisotopic (exact) mass is 344 g/mol. The number of guanidine groups is 1. The largest absolute Gasteiger partial charge is 0.370 e. The molecule has 0 atom stereocenters. The molecule has 0 spiro atoms. The fourth-order valence-corrected chi connectivity index (χ4v) is 3.46. The van der Waals surface area contributed by atoms with Crippen LogP contribution in [0.1, 0.15) is 21.5 Å². The predicted molar refractivity (Wildman–Crippen MR) is 104 cm³/mol. The van der Waals surface area contributed by atoms with Crippen LogP contribution in [0.5, 0.6) is 0 Å². The number of rotatable bonds is 2. The third-order valence-electron chi connectivity index (χ3n) is 4.85. The van der Waals surface area contributed by atoms with Crippen LogP contribution >= 0.6 is 0 Å². The van der Waals surface area contributed by atoms with Crippen molar-refractivity contribution in [2.24, 2.45) is 5.73 Å². The molecule has 3 aromatic carbocycles. The van der Waals surface area contributed by atoms with Crippen molar-refractivity contribution in [1.82, 2.24) is 4.90 Å². The zero-order valence-corrected chi connectivity index (χ0v) is 14.3. The summed E-state index contributed by atoms with van der Waals surface area (Å²) in [4.78, 5) is 14.6. The molecule has 0 saturated heterocycles. The zero-order valence-electron chi connectivity index (χ0n) is 14.3. The topological polar surface area (TPSA) is 82.2 Å². The van der Waals surface area contributed by atoms with Crippen molar-refractivity contribution in [3.8, 4) is 0 Å². The molecule has 5 nitrogen and oxygen atoms in total. The van der Waals surface area contributed by atoms with E-state index >= 15 is 0 Å². The first-order valence-electron chi connectivity index (χ1n) is 8.62. The molecule has 1 aliphatic rings. The Morgan fingerprint density at radius 1 is 1.04 bits per heavy atom. The van der Waals surface area contributed by atoms with Crippen molar-refractivity contribution in [2.45, 2.75) is 13.0 Å². The fourth-order valence-electron chi connectivity index (χ4n) is 3.46. The van der Waals surface area contributed by atoms with Crippen molar-refractivity contribution in [3.63, 3.8) is 0 Å². The summed E-state index contributed by atoms with van der Waals surface area (Å²) in [6, 6.07) is 19.6. The normalized spacial score (nSPS) is 13.3. The molecule has 130 valence electrons. The Morgan fingerprint density at radius 3 is 2.69 bits per heavy atom. The van der Waals surface area contributed by atoms with Gasteiger partial charge in [-0.1, -0.05) is 42.5 Å². The number of amides is 1. The molecule has 4 rings (SSSR count). The van der Waals surface area contributed by atoms with Crippen LogP contribution in [-0.2, 0) is 13.0 Å². The van der Waals surface area contributed by atoms with Gasteiger partial charge in [0.1, 0.15) is 0 Å². The Kier molecular flexibility index (Phi) is 4.05. The van der Waals surface area contributed by atoms with E-state index in [0.717, 1.165) is 35.0 Å². The number of hydrogen-bond acceptors (Lipinski definition) is 2. The van der Waals surface area contributed by atoms with E-state index in [4.69, 9.17) is 11.1 Å². The second kappa shape index (κ2) is 6.52. The van der Waals surface area contributed by atoms with Gasteiger partial charge in [-0.25, -0.2) is 0 Å². The summed E-state index contributed by atoms with van der Waals surface area (Å²) >= 11 is 0. The minimum atomic E-state index is -0.108. The molecule has 0 fully saturated rings. The Morgan fingerprint density at radius 2 is 1.85 bits per heavy atom. The number of nitrogens with one attached hydrogen (secondary N) is 2. The lowest BCUT2D eigenvalue weighted by atomic mass is 9.99. The van der Waals surface area contributed by atoms with Crippen LogP contribution in [0.15, 0.2) is 60.7 Å². The fraction of sp³-hybridized carbons (Fsp3) is 0.143. The standard InChI is InChI=1S/C21H20N4O/c22-21(23)25-11-10-15-12-17(9-8-16(15)13-25)24-20(26)19-7-3-5-14-4-1-2-6-18(14)19/h1-9,12H,10-11,13H2,(H3,22,23)(H,24,26). The van der Waals surface area contributed by atoms with Gasteiger partial charge in [-0.2, -0.15) is 0 Å². The van der Waals surface area contributed by atoms with Gasteiger partial charge in [0.05, 0.1) is 0 Å². The molecule has 0 radical (unpaired) electrons. The van der Waals surface area contributed by atoms with Gasteiger partial charge in [-0.05, 0) is 46.5 Å². The van der Waals surface area contributed by atoms with Crippen LogP contribution in [0.2, 0.25) is 0 Å². The number of carbonyl (C=O) groups excluding carboxylic acids is 1. The van der Waals surface area contributed by atoms with Crippen LogP contribution in [0.25, 0.3) is 10.8 Å². The molecule has 0 bridgehead atoms. The summed E-state index contributed by atoms with van der Waals surface area (Å²) in [6.07, 6.45) is 0.812. The van der Waals surface area contributed by atoms with E-state index in [9.17, 15) is 4.79 Å². The first-order chi connectivity index (χ1) is 12.6. The van der Waals surface area contributed by atoms with E-state index in [1.165, 1.54) is 5.56 Å². The van der Waals surface area contributed by atoms with Crippen molar-refractivity contribution in [3.05, 3.63) is 77.4 Å². The van der Waals surface area contributed by atoms with E-state index < -0.39 is 0 Å². The lowest BCUT2D eigenvalue weighted by Crippen LogP contribution is -2.40. The molecule has 3 aromatic rings. The molecule has 1 heterocycles. The summed E-state index contributed by atoms with van der Waals surface area (Å²) in [5.74, 6) is -0.00749. The minimum absolute atomic E-state index is 0.101. The Labute approximate surface area is 151 Å². The molecular weight excluding hydrogens is 324 g/mol. The highest BCUT2D eigenvalue weighted by atomic mass is 16.1. The smallest absolute Gasteiger partial charge is 0.256 e. The highest BCUT2D eigenvalue weighted by molar-refractivity contribution is 6.12. The van der Waals surface area contributed by atoms with Crippen molar-refractivity contribution < 1.29 is 4.79 Å². The number of fused-ring (bicyclic) bond motifs is 2. The number of carbonyl (C=O) groups is 1. The molecule has 0 unspecified atom stereocenters. The maximum Gasteiger partial charge on any atom is 0.256 e. The van der Waals surface area contributed by atoms with E-state index in [-0.39, 0.29) is 11.9 Å². The Hall–Kier alpha value is -3.34. The summed E-state index contributed by atoms with van der Waals surface area (Å²) in [5, 5.41) is 12.6. The highest BCUT2D eigenvalue weighted by Crippen LogP contribution is 2.24. The molecule has 0 aliphatic carbocycles. The second-order valence-electron chi connectivity index (χ2n) is 6.52. The minimum Gasteiger partial charge on any atom is -0.370 e. The number of hydrogen-bond donors (Lipinski definition) is 3. The van der Waals surface area contributed by atoms with Crippen molar-refractivity contribution in [1.29, 1.82) is 5.41 Å². The summed E-state index contributed by atoms with van der Waals surface area (Å²) in [6.45, 7) is 1.37. The average molecular weight is 344 g/mol. The number of nitrogens with two attached hydrogens (primary N) is 1. The van der Waals surface area contributed by atoms with Crippen molar-refractivity contribution >= 4 is 28.3 Å². The lowest BCUT2D eigenvalue weighted by Gasteiger charge is -2.29. The first-order valence-corrected chi connectivity index (χ1v) is 8.62. The quantitative estimate of drug-likeness (QED) is 0.492. The van der Waals surface area contributed by atoms with Gasteiger partial charge in [0.2, 0.25) is 0 Å². The third kappa shape index (κ3) is 2.99. The van der Waals surface area contributed by atoms with Crippen LogP contribution in [-0.4, -0.2) is 23.3 Å². The van der Waals surface area contributed by atoms with E-state index in [0.29, 0.717) is 12.1 Å². The van der Waals surface area contributed by atoms with Gasteiger partial charge in [0.15, 0.2) is 5.96 Å². The molecule has 1 aliphatic heterocycles.